The molecule has 0 bridgehead atoms. The summed E-state index contributed by atoms with van der Waals surface area (Å²) < 4.78 is 1.53. The molecule has 0 unspecified atom stereocenters. The maximum Gasteiger partial charge on any atom is 0.261 e. The Morgan fingerprint density at radius 2 is 1.77 bits per heavy atom. The maximum atomic E-state index is 13.0. The van der Waals surface area contributed by atoms with E-state index in [9.17, 15) is 14.7 Å². The van der Waals surface area contributed by atoms with E-state index in [-0.39, 0.29) is 29.2 Å². The third kappa shape index (κ3) is 7.57. The van der Waals surface area contributed by atoms with Gasteiger partial charge in [-0.15, -0.1) is 0 Å². The molecule has 6 aromatic rings. The standard InChI is InChI=1S/C40H37N5O3/c1-44(2)26-29-16-19-32(20-17-29)42-38(31-12-4-3-5-13-31)37-33-21-18-28(24-35(33)43-39(37)47)10-6-7-15-36(46)34-14-9-23-45(40(34)48)27-30-11-8-22-41-25-30/h3-6,8-14,16-25,43,47H,7,15,26-27H2,1-2H3/b10-6+,42-38?. The molecule has 0 fully saturated rings. The van der Waals surface area contributed by atoms with Gasteiger partial charge in [-0.1, -0.05) is 72.8 Å². The molecule has 0 radical (unpaired) electrons. The van der Waals surface area contributed by atoms with Crippen LogP contribution in [0.4, 0.5) is 5.69 Å². The van der Waals surface area contributed by atoms with Crippen molar-refractivity contribution in [2.45, 2.75) is 25.9 Å². The summed E-state index contributed by atoms with van der Waals surface area (Å²) in [6, 6.07) is 30.9. The molecule has 0 aliphatic carbocycles. The first-order valence-electron chi connectivity index (χ1n) is 15.9. The van der Waals surface area contributed by atoms with Crippen LogP contribution in [0.1, 0.15) is 51.0 Å². The minimum atomic E-state index is -0.303. The molecule has 3 aromatic carbocycles. The Bertz CT molecular complexity index is 2150. The van der Waals surface area contributed by atoms with E-state index in [0.717, 1.165) is 39.8 Å². The van der Waals surface area contributed by atoms with Gasteiger partial charge in [0, 0.05) is 48.0 Å². The van der Waals surface area contributed by atoms with Gasteiger partial charge < -0.3 is 19.6 Å². The molecule has 8 nitrogen and oxygen atoms in total. The number of aromatic amines is 1. The number of nitrogens with zero attached hydrogens (tertiary/aromatic N) is 4. The number of aliphatic imine (C=N–C) groups is 1. The van der Waals surface area contributed by atoms with Crippen LogP contribution in [-0.2, 0) is 13.1 Å². The fourth-order valence-electron chi connectivity index (χ4n) is 5.71. The summed E-state index contributed by atoms with van der Waals surface area (Å²) in [7, 11) is 4.08. The normalized spacial score (nSPS) is 11.9. The van der Waals surface area contributed by atoms with Crippen LogP contribution >= 0.6 is 0 Å². The van der Waals surface area contributed by atoms with Gasteiger partial charge in [-0.05, 0) is 73.6 Å². The number of pyridine rings is 2. The second-order valence-electron chi connectivity index (χ2n) is 12.0. The van der Waals surface area contributed by atoms with Gasteiger partial charge in [0.05, 0.1) is 29.1 Å². The van der Waals surface area contributed by atoms with E-state index in [1.54, 1.807) is 30.7 Å². The average molecular weight is 636 g/mol. The molecule has 0 saturated heterocycles. The molecule has 0 saturated carbocycles. The van der Waals surface area contributed by atoms with Crippen molar-refractivity contribution in [2.75, 3.05) is 14.1 Å². The number of rotatable bonds is 12. The van der Waals surface area contributed by atoms with E-state index < -0.39 is 0 Å². The zero-order chi connectivity index (χ0) is 33.5. The Kier molecular flexibility index (Phi) is 9.83. The van der Waals surface area contributed by atoms with Gasteiger partial charge >= 0.3 is 0 Å². The predicted molar refractivity (Wildman–Crippen MR) is 192 cm³/mol. The van der Waals surface area contributed by atoms with Crippen LogP contribution in [0.2, 0.25) is 0 Å². The molecule has 240 valence electrons. The van der Waals surface area contributed by atoms with E-state index in [2.05, 4.69) is 27.0 Å². The Morgan fingerprint density at radius 1 is 0.958 bits per heavy atom. The number of carbonyl (C=O) groups is 1. The van der Waals surface area contributed by atoms with Crippen LogP contribution < -0.4 is 5.56 Å². The van der Waals surface area contributed by atoms with Gasteiger partial charge in [-0.3, -0.25) is 14.6 Å². The maximum absolute atomic E-state index is 13.0. The van der Waals surface area contributed by atoms with Crippen LogP contribution in [-0.4, -0.2) is 50.1 Å². The molecule has 0 amide bonds. The average Bonchev–Trinajstić information content (AvgIpc) is 3.42. The van der Waals surface area contributed by atoms with Crippen molar-refractivity contribution in [1.29, 1.82) is 0 Å². The summed E-state index contributed by atoms with van der Waals surface area (Å²) in [4.78, 5) is 40.3. The highest BCUT2D eigenvalue weighted by atomic mass is 16.3. The highest BCUT2D eigenvalue weighted by Crippen LogP contribution is 2.32. The highest BCUT2D eigenvalue weighted by molar-refractivity contribution is 6.22. The monoisotopic (exact) mass is 635 g/mol. The number of Topliss-reactive ketones (excluding diaryl/α,β-unsaturated/α-hetero) is 1. The molecule has 0 spiro atoms. The number of ketones is 1. The molecule has 48 heavy (non-hydrogen) atoms. The predicted octanol–water partition coefficient (Wildman–Crippen LogP) is 7.39. The van der Waals surface area contributed by atoms with Crippen molar-refractivity contribution < 1.29 is 9.90 Å². The number of hydrogen-bond acceptors (Lipinski definition) is 6. The van der Waals surface area contributed by atoms with Gasteiger partial charge in [-0.25, -0.2) is 4.99 Å². The molecular formula is C40H37N5O3. The Morgan fingerprint density at radius 3 is 2.52 bits per heavy atom. The van der Waals surface area contributed by atoms with Gasteiger partial charge in [0.25, 0.3) is 5.56 Å². The van der Waals surface area contributed by atoms with Crippen molar-refractivity contribution in [3.63, 3.8) is 0 Å². The lowest BCUT2D eigenvalue weighted by atomic mass is 10.00. The van der Waals surface area contributed by atoms with Crippen LogP contribution in [0, 0.1) is 0 Å². The Balaban J connectivity index is 1.19. The minimum absolute atomic E-state index is 0.0422. The zero-order valence-electron chi connectivity index (χ0n) is 27.0. The number of H-pyrrole nitrogens is 1. The fraction of sp³-hybridized carbons (Fsp3) is 0.150. The van der Waals surface area contributed by atoms with E-state index in [4.69, 9.17) is 4.99 Å². The second kappa shape index (κ2) is 14.7. The number of aromatic nitrogens is 3. The first-order valence-corrected chi connectivity index (χ1v) is 15.9. The van der Waals surface area contributed by atoms with Gasteiger partial charge in [0.2, 0.25) is 0 Å². The number of fused-ring (bicyclic) bond motifs is 1. The van der Waals surface area contributed by atoms with E-state index in [0.29, 0.717) is 24.2 Å². The number of nitrogens with one attached hydrogen (secondary N) is 1. The first-order chi connectivity index (χ1) is 23.4. The van der Waals surface area contributed by atoms with Crippen LogP contribution in [0.25, 0.3) is 17.0 Å². The molecule has 6 rings (SSSR count). The van der Waals surface area contributed by atoms with Crippen LogP contribution in [0.3, 0.4) is 0 Å². The minimum Gasteiger partial charge on any atom is -0.494 e. The van der Waals surface area contributed by atoms with E-state index in [1.165, 1.54) is 10.1 Å². The van der Waals surface area contributed by atoms with Gasteiger partial charge in [0.1, 0.15) is 0 Å². The number of hydrogen-bond donors (Lipinski definition) is 2. The lowest BCUT2D eigenvalue weighted by molar-refractivity contribution is 0.0981. The summed E-state index contributed by atoms with van der Waals surface area (Å²) in [5.74, 6) is -0.153. The van der Waals surface area contributed by atoms with Crippen LogP contribution in [0.15, 0.2) is 132 Å². The van der Waals surface area contributed by atoms with Crippen molar-refractivity contribution in [3.8, 4) is 5.88 Å². The molecule has 8 heteroatoms. The van der Waals surface area contributed by atoms with Crippen LogP contribution in [0.5, 0.6) is 5.88 Å². The number of allylic oxidation sites excluding steroid dienone is 1. The van der Waals surface area contributed by atoms with Crippen molar-refractivity contribution in [3.05, 3.63) is 165 Å². The smallest absolute Gasteiger partial charge is 0.261 e. The zero-order valence-corrected chi connectivity index (χ0v) is 27.0. The number of benzene rings is 3. The number of aromatic hydroxyl groups is 1. The summed E-state index contributed by atoms with van der Waals surface area (Å²) in [6.07, 6.45) is 9.64. The first kappa shape index (κ1) is 32.1. The Labute approximate surface area is 279 Å². The van der Waals surface area contributed by atoms with Crippen molar-refractivity contribution in [1.82, 2.24) is 19.4 Å². The SMILES string of the molecule is CN(C)Cc1ccc(N=C(c2ccccc2)c2c(O)[nH]c3cc(/C=C/CCC(=O)c4cccn(Cc5cccnc5)c4=O)ccc23)cc1. The van der Waals surface area contributed by atoms with E-state index in [1.807, 2.05) is 99.0 Å². The fourth-order valence-corrected chi connectivity index (χ4v) is 5.71. The lowest BCUT2D eigenvalue weighted by Crippen LogP contribution is -2.26. The number of carbonyl (C=O) groups excluding carboxylic acids is 1. The third-order valence-corrected chi connectivity index (χ3v) is 8.01. The summed E-state index contributed by atoms with van der Waals surface area (Å²) in [5, 5.41) is 12.0. The molecule has 0 aliphatic heterocycles. The molecular weight excluding hydrogens is 598 g/mol. The van der Waals surface area contributed by atoms with Gasteiger partial charge in [-0.2, -0.15) is 0 Å². The summed E-state index contributed by atoms with van der Waals surface area (Å²) in [6.45, 7) is 1.20. The third-order valence-electron chi connectivity index (χ3n) is 8.01. The molecule has 0 atom stereocenters. The van der Waals surface area contributed by atoms with Gasteiger partial charge in [0.15, 0.2) is 11.7 Å². The second-order valence-corrected chi connectivity index (χ2v) is 12.0. The topological polar surface area (TPSA) is 104 Å². The summed E-state index contributed by atoms with van der Waals surface area (Å²) in [5.41, 5.74) is 6.63. The van der Waals surface area contributed by atoms with Crippen molar-refractivity contribution >= 4 is 34.2 Å². The largest absolute Gasteiger partial charge is 0.494 e. The van der Waals surface area contributed by atoms with Crippen molar-refractivity contribution in [2.24, 2.45) is 4.99 Å². The molecule has 3 aromatic heterocycles. The Hall–Kier alpha value is -5.86. The van der Waals surface area contributed by atoms with E-state index >= 15 is 0 Å². The molecule has 2 N–H and O–H groups in total. The quantitative estimate of drug-likeness (QED) is 0.108. The lowest BCUT2D eigenvalue weighted by Gasteiger charge is -2.10. The molecule has 3 heterocycles. The highest BCUT2D eigenvalue weighted by Gasteiger charge is 2.19. The summed E-state index contributed by atoms with van der Waals surface area (Å²) >= 11 is 0. The molecule has 0 aliphatic rings.